The van der Waals surface area contributed by atoms with Gasteiger partial charge in [0, 0.05) is 6.04 Å². The molecule has 0 aliphatic rings. The Morgan fingerprint density at radius 2 is 1.93 bits per heavy atom. The number of hydrogen-bond acceptors (Lipinski definition) is 2. The zero-order valence-electron chi connectivity index (χ0n) is 10.3. The van der Waals surface area contributed by atoms with Gasteiger partial charge in [0.15, 0.2) is 0 Å². The molecule has 82 valence electrons. The third kappa shape index (κ3) is 4.62. The molecule has 0 bridgehead atoms. The van der Waals surface area contributed by atoms with Crippen molar-refractivity contribution < 1.29 is 0 Å². The first-order chi connectivity index (χ1) is 6.46. The minimum Gasteiger partial charge on any atom is -0.301 e. The van der Waals surface area contributed by atoms with Crippen molar-refractivity contribution in [1.82, 2.24) is 4.90 Å². The second-order valence-electron chi connectivity index (χ2n) is 4.63. The zero-order chi connectivity index (χ0) is 11.2. The Morgan fingerprint density at radius 1 is 1.36 bits per heavy atom. The Morgan fingerprint density at radius 3 is 2.29 bits per heavy atom. The van der Waals surface area contributed by atoms with Crippen molar-refractivity contribution in [3.05, 3.63) is 0 Å². The molecule has 0 fully saturated rings. The van der Waals surface area contributed by atoms with E-state index in [4.69, 9.17) is 5.26 Å². The standard InChI is InChI=1S/C12H24N2/c1-6-11(3)14(7-2)9-8-12(4,5)10-13/h11H,6-9H2,1-5H3. The van der Waals surface area contributed by atoms with Crippen molar-refractivity contribution >= 4 is 0 Å². The van der Waals surface area contributed by atoms with Crippen LogP contribution < -0.4 is 0 Å². The quantitative estimate of drug-likeness (QED) is 0.653. The van der Waals surface area contributed by atoms with Crippen molar-refractivity contribution in [2.24, 2.45) is 5.41 Å². The van der Waals surface area contributed by atoms with Crippen molar-refractivity contribution in [3.8, 4) is 6.07 Å². The number of rotatable bonds is 6. The summed E-state index contributed by atoms with van der Waals surface area (Å²) in [5, 5.41) is 8.91. The lowest BCUT2D eigenvalue weighted by Gasteiger charge is -2.29. The predicted molar refractivity (Wildman–Crippen MR) is 61.0 cm³/mol. The van der Waals surface area contributed by atoms with E-state index >= 15 is 0 Å². The monoisotopic (exact) mass is 196 g/mol. The topological polar surface area (TPSA) is 27.0 Å². The van der Waals surface area contributed by atoms with Crippen molar-refractivity contribution in [3.63, 3.8) is 0 Å². The van der Waals surface area contributed by atoms with E-state index in [1.807, 2.05) is 13.8 Å². The summed E-state index contributed by atoms with van der Waals surface area (Å²) >= 11 is 0. The molecule has 2 nitrogen and oxygen atoms in total. The van der Waals surface area contributed by atoms with Crippen LogP contribution in [0.1, 0.15) is 47.5 Å². The van der Waals surface area contributed by atoms with Gasteiger partial charge in [0.05, 0.1) is 11.5 Å². The first kappa shape index (κ1) is 13.4. The first-order valence-corrected chi connectivity index (χ1v) is 5.62. The minimum atomic E-state index is -0.180. The van der Waals surface area contributed by atoms with Crippen LogP contribution in [0.5, 0.6) is 0 Å². The van der Waals surface area contributed by atoms with Gasteiger partial charge in [0.1, 0.15) is 0 Å². The average Bonchev–Trinajstić information content (AvgIpc) is 2.18. The average molecular weight is 196 g/mol. The number of nitriles is 1. The summed E-state index contributed by atoms with van der Waals surface area (Å²) in [6.45, 7) is 12.8. The van der Waals surface area contributed by atoms with Crippen LogP contribution in [0.3, 0.4) is 0 Å². The van der Waals surface area contributed by atoms with Crippen LogP contribution in [0.25, 0.3) is 0 Å². The Bertz CT molecular complexity index is 191. The molecule has 0 amide bonds. The van der Waals surface area contributed by atoms with Gasteiger partial charge >= 0.3 is 0 Å². The predicted octanol–water partition coefficient (Wildman–Crippen LogP) is 3.05. The molecule has 0 aromatic rings. The van der Waals surface area contributed by atoms with Crippen molar-refractivity contribution in [2.45, 2.75) is 53.5 Å². The Balaban J connectivity index is 4.03. The maximum atomic E-state index is 8.91. The number of nitrogens with zero attached hydrogens (tertiary/aromatic N) is 2. The van der Waals surface area contributed by atoms with E-state index in [0.29, 0.717) is 6.04 Å². The van der Waals surface area contributed by atoms with Crippen molar-refractivity contribution in [2.75, 3.05) is 13.1 Å². The van der Waals surface area contributed by atoms with E-state index in [9.17, 15) is 0 Å². The summed E-state index contributed by atoms with van der Waals surface area (Å²) in [4.78, 5) is 2.44. The molecule has 0 aromatic carbocycles. The van der Waals surface area contributed by atoms with E-state index < -0.39 is 0 Å². The summed E-state index contributed by atoms with van der Waals surface area (Å²) in [6.07, 6.45) is 2.14. The molecule has 1 atom stereocenters. The van der Waals surface area contributed by atoms with Gasteiger partial charge in [-0.05, 0) is 46.7 Å². The smallest absolute Gasteiger partial charge is 0.0684 e. The molecule has 0 saturated carbocycles. The lowest BCUT2D eigenvalue weighted by molar-refractivity contribution is 0.193. The van der Waals surface area contributed by atoms with E-state index in [1.54, 1.807) is 0 Å². The molecule has 0 rings (SSSR count). The fraction of sp³-hybridized carbons (Fsp3) is 0.917. The highest BCUT2D eigenvalue weighted by Crippen LogP contribution is 2.19. The molecule has 0 aromatic heterocycles. The van der Waals surface area contributed by atoms with Gasteiger partial charge in [-0.2, -0.15) is 5.26 Å². The van der Waals surface area contributed by atoms with Gasteiger partial charge in [0.2, 0.25) is 0 Å². The summed E-state index contributed by atoms with van der Waals surface area (Å²) in [5.74, 6) is 0. The van der Waals surface area contributed by atoms with Crippen LogP contribution in [0.15, 0.2) is 0 Å². The van der Waals surface area contributed by atoms with Gasteiger partial charge in [-0.1, -0.05) is 13.8 Å². The van der Waals surface area contributed by atoms with E-state index in [-0.39, 0.29) is 5.41 Å². The van der Waals surface area contributed by atoms with Gasteiger partial charge < -0.3 is 4.90 Å². The Hall–Kier alpha value is -0.550. The van der Waals surface area contributed by atoms with Gasteiger partial charge in [0.25, 0.3) is 0 Å². The Labute approximate surface area is 88.9 Å². The second kappa shape index (κ2) is 6.03. The summed E-state index contributed by atoms with van der Waals surface area (Å²) in [5.41, 5.74) is -0.180. The highest BCUT2D eigenvalue weighted by atomic mass is 15.1. The van der Waals surface area contributed by atoms with Crippen LogP contribution >= 0.6 is 0 Å². The molecule has 0 saturated heterocycles. The SMILES string of the molecule is CCC(C)N(CC)CCC(C)(C)C#N. The molecule has 0 aliphatic carbocycles. The molecule has 2 heteroatoms. The largest absolute Gasteiger partial charge is 0.301 e. The fourth-order valence-corrected chi connectivity index (χ4v) is 1.43. The minimum absolute atomic E-state index is 0.180. The van der Waals surface area contributed by atoms with Crippen LogP contribution in [-0.2, 0) is 0 Å². The Kier molecular flexibility index (Phi) is 5.79. The molecule has 0 aliphatic heterocycles. The van der Waals surface area contributed by atoms with Gasteiger partial charge in [-0.3, -0.25) is 0 Å². The van der Waals surface area contributed by atoms with Crippen molar-refractivity contribution in [1.29, 1.82) is 5.26 Å². The molecule has 0 N–H and O–H groups in total. The normalized spacial score (nSPS) is 14.1. The lowest BCUT2D eigenvalue weighted by Crippen LogP contribution is -2.35. The van der Waals surface area contributed by atoms with E-state index in [2.05, 4.69) is 31.7 Å². The lowest BCUT2D eigenvalue weighted by atomic mass is 9.91. The first-order valence-electron chi connectivity index (χ1n) is 5.62. The molecule has 0 spiro atoms. The third-order valence-electron chi connectivity index (χ3n) is 2.95. The number of hydrogen-bond donors (Lipinski definition) is 0. The highest BCUT2D eigenvalue weighted by molar-refractivity contribution is 4.92. The molecular weight excluding hydrogens is 172 g/mol. The molecule has 0 heterocycles. The second-order valence-corrected chi connectivity index (χ2v) is 4.63. The molecule has 1 unspecified atom stereocenters. The zero-order valence-corrected chi connectivity index (χ0v) is 10.3. The van der Waals surface area contributed by atoms with Gasteiger partial charge in [-0.15, -0.1) is 0 Å². The highest BCUT2D eigenvalue weighted by Gasteiger charge is 2.19. The maximum Gasteiger partial charge on any atom is 0.0684 e. The van der Waals surface area contributed by atoms with E-state index in [0.717, 1.165) is 19.5 Å². The summed E-state index contributed by atoms with van der Waals surface area (Å²) < 4.78 is 0. The van der Waals surface area contributed by atoms with Crippen LogP contribution in [0.4, 0.5) is 0 Å². The van der Waals surface area contributed by atoms with E-state index in [1.165, 1.54) is 6.42 Å². The van der Waals surface area contributed by atoms with Crippen LogP contribution in [0, 0.1) is 16.7 Å². The molecule has 14 heavy (non-hydrogen) atoms. The van der Waals surface area contributed by atoms with Crippen LogP contribution in [0.2, 0.25) is 0 Å². The summed E-state index contributed by atoms with van der Waals surface area (Å²) in [7, 11) is 0. The third-order valence-corrected chi connectivity index (χ3v) is 2.95. The van der Waals surface area contributed by atoms with Crippen LogP contribution in [-0.4, -0.2) is 24.0 Å². The molecule has 0 radical (unpaired) electrons. The molecular formula is C12H24N2. The fourth-order valence-electron chi connectivity index (χ4n) is 1.43. The summed E-state index contributed by atoms with van der Waals surface area (Å²) in [6, 6.07) is 2.98. The maximum absolute atomic E-state index is 8.91. The van der Waals surface area contributed by atoms with Gasteiger partial charge in [-0.25, -0.2) is 0 Å².